The van der Waals surface area contributed by atoms with Crippen LogP contribution < -0.4 is 16.0 Å². The molecule has 1 aromatic carbocycles. The third kappa shape index (κ3) is 10.0. The molecule has 3 heterocycles. The van der Waals surface area contributed by atoms with Crippen LogP contribution in [-0.2, 0) is 30.4 Å². The first kappa shape index (κ1) is 44.8. The molecule has 0 bridgehead atoms. The van der Waals surface area contributed by atoms with E-state index in [1.54, 1.807) is 34.1 Å². The normalized spacial score (nSPS) is 23.5. The molecule has 2 aliphatic heterocycles. The molecular weight excluding hydrogens is 767 g/mol. The van der Waals surface area contributed by atoms with E-state index in [2.05, 4.69) is 32.8 Å². The van der Waals surface area contributed by atoms with Crippen LogP contribution in [-0.4, -0.2) is 114 Å². The largest absolute Gasteiger partial charge is 0.366 e. The van der Waals surface area contributed by atoms with Crippen molar-refractivity contribution >= 4 is 35.3 Å². The number of carbonyl (C=O) groups is 6. The number of nitrogens with zero attached hydrogens (tertiary/aromatic N) is 4. The van der Waals surface area contributed by atoms with Crippen molar-refractivity contribution in [3.63, 3.8) is 0 Å². The summed E-state index contributed by atoms with van der Waals surface area (Å²) in [6.07, 6.45) is 11.5. The van der Waals surface area contributed by atoms with Crippen LogP contribution in [0.4, 0.5) is 0 Å². The predicted octanol–water partition coefficient (Wildman–Crippen LogP) is 3.08. The molecule has 2 aliphatic carbocycles. The third-order valence-electron chi connectivity index (χ3n) is 13.2. The summed E-state index contributed by atoms with van der Waals surface area (Å²) >= 11 is 0. The Morgan fingerprint density at radius 3 is 2.28 bits per heavy atom. The molecular formula is C45H63N7O8. The monoisotopic (exact) mass is 829 g/mol. The average Bonchev–Trinajstić information content (AvgIpc) is 3.91. The van der Waals surface area contributed by atoms with Crippen LogP contribution in [0.3, 0.4) is 0 Å². The lowest BCUT2D eigenvalue weighted by atomic mass is 9.82. The van der Waals surface area contributed by atoms with E-state index in [-0.39, 0.29) is 48.2 Å². The number of aliphatic hydroxyl groups is 2. The van der Waals surface area contributed by atoms with Gasteiger partial charge in [-0.15, -0.1) is 0 Å². The molecule has 0 spiro atoms. The van der Waals surface area contributed by atoms with E-state index in [1.807, 2.05) is 26.8 Å². The first-order valence-electron chi connectivity index (χ1n) is 22.0. The summed E-state index contributed by atoms with van der Waals surface area (Å²) in [5, 5.41) is 28.8. The molecule has 2 saturated carbocycles. The van der Waals surface area contributed by atoms with Gasteiger partial charge in [0.1, 0.15) is 29.9 Å². The minimum absolute atomic E-state index is 0.0139. The van der Waals surface area contributed by atoms with E-state index in [9.17, 15) is 39.0 Å². The third-order valence-corrected chi connectivity index (χ3v) is 13.2. The number of hydrogen-bond acceptors (Lipinski definition) is 10. The average molecular weight is 830 g/mol. The van der Waals surface area contributed by atoms with Gasteiger partial charge in [-0.05, 0) is 61.3 Å². The zero-order valence-corrected chi connectivity index (χ0v) is 35.4. The number of Topliss-reactive ketones (excluding diaryl/α,β-unsaturated/α-hetero) is 1. The lowest BCUT2D eigenvalue weighted by Crippen LogP contribution is -2.61. The maximum atomic E-state index is 14.9. The maximum Gasteiger partial charge on any atom is 0.290 e. The highest BCUT2D eigenvalue weighted by atomic mass is 16.5. The summed E-state index contributed by atoms with van der Waals surface area (Å²) in [6.45, 7) is 7.95. The van der Waals surface area contributed by atoms with Gasteiger partial charge in [-0.2, -0.15) is 0 Å². The first-order valence-corrected chi connectivity index (χ1v) is 22.0. The van der Waals surface area contributed by atoms with Crippen LogP contribution >= 0.6 is 0 Å². The van der Waals surface area contributed by atoms with Gasteiger partial charge in [-0.1, -0.05) is 103 Å². The molecule has 4 aliphatic rings. The smallest absolute Gasteiger partial charge is 0.290 e. The highest BCUT2D eigenvalue weighted by Crippen LogP contribution is 2.51. The van der Waals surface area contributed by atoms with Gasteiger partial charge >= 0.3 is 0 Å². The minimum atomic E-state index is -1.93. The number of rotatable bonds is 18. The van der Waals surface area contributed by atoms with Gasteiger partial charge in [0.2, 0.25) is 23.5 Å². The van der Waals surface area contributed by atoms with E-state index in [0.717, 1.165) is 63.4 Å². The molecule has 0 radical (unpaired) electrons. The molecule has 15 nitrogen and oxygen atoms in total. The van der Waals surface area contributed by atoms with Crippen molar-refractivity contribution in [2.24, 2.45) is 23.2 Å². The number of aromatic nitrogens is 2. The van der Waals surface area contributed by atoms with Gasteiger partial charge in [-0.25, -0.2) is 4.98 Å². The van der Waals surface area contributed by atoms with Gasteiger partial charge in [0, 0.05) is 30.9 Å². The van der Waals surface area contributed by atoms with Crippen LogP contribution in [0.25, 0.3) is 0 Å². The van der Waals surface area contributed by atoms with Gasteiger partial charge in [0.15, 0.2) is 6.29 Å². The van der Waals surface area contributed by atoms with Gasteiger partial charge in [-0.3, -0.25) is 33.8 Å². The Balaban J connectivity index is 1.23. The fourth-order valence-electron chi connectivity index (χ4n) is 10.1. The minimum Gasteiger partial charge on any atom is -0.366 e. The van der Waals surface area contributed by atoms with Crippen molar-refractivity contribution in [2.75, 3.05) is 6.54 Å². The van der Waals surface area contributed by atoms with E-state index < -0.39 is 71.3 Å². The topological polar surface area (TPSA) is 211 Å². The van der Waals surface area contributed by atoms with Crippen molar-refractivity contribution in [2.45, 2.75) is 154 Å². The van der Waals surface area contributed by atoms with Gasteiger partial charge < -0.3 is 36.0 Å². The SMILES string of the molecule is CCCCCCC(C(=O)C(=O)N[C@@H](Cc1ccccc1)C(O)O)N1C(=O)[C@@H]2[C@H]3C1CC[C@H]3CN2C(=O)C(NC(=O)C(NC(=O)c1cnccn1)C1CCCCC1)C(C)(C)C. The molecule has 5 N–H and O–H groups in total. The number of carbonyl (C=O) groups excluding carboxylic acids is 6. The second-order valence-electron chi connectivity index (χ2n) is 18.3. The van der Waals surface area contributed by atoms with Crippen LogP contribution in [0.1, 0.15) is 121 Å². The van der Waals surface area contributed by atoms with Crippen molar-refractivity contribution in [3.8, 4) is 0 Å². The van der Waals surface area contributed by atoms with E-state index in [4.69, 9.17) is 0 Å². The Morgan fingerprint density at radius 2 is 1.63 bits per heavy atom. The molecule has 5 amide bonds. The standard InChI is InChI=1S/C45H63N7O8/c1-5-6-7-14-19-33(37(53)41(56)48-30(44(59)60)24-27-15-10-8-11-16-27)52-32-21-20-29-26-51(36(34(29)32)42(52)57)43(58)38(45(2,3)4)50-40(55)35(28-17-12-9-13-18-28)49-39(54)31-25-46-22-23-47-31/h8,10-11,15-16,22-23,25,28-30,32-36,38,44,59-60H,5-7,9,12-14,17-21,24,26H2,1-4H3,(H,48,56)(H,49,54)(H,50,55)/t29-,30-,32?,33?,34+,35?,36-,38?/m0/s1. The summed E-state index contributed by atoms with van der Waals surface area (Å²) in [7, 11) is 0. The molecule has 4 unspecified atom stereocenters. The number of ketones is 1. The summed E-state index contributed by atoms with van der Waals surface area (Å²) in [5.41, 5.74) is 0.0279. The lowest BCUT2D eigenvalue weighted by Gasteiger charge is -2.37. The second kappa shape index (κ2) is 19.7. The Labute approximate surface area is 352 Å². The Hall–Kier alpha value is -4.76. The summed E-state index contributed by atoms with van der Waals surface area (Å²) in [6, 6.07) is 3.52. The van der Waals surface area contributed by atoms with Crippen LogP contribution in [0.2, 0.25) is 0 Å². The first-order chi connectivity index (χ1) is 28.7. The number of benzene rings is 1. The van der Waals surface area contributed by atoms with Crippen molar-refractivity contribution in [1.29, 1.82) is 0 Å². The number of amides is 5. The maximum absolute atomic E-state index is 14.9. The number of aliphatic hydroxyl groups excluding tert-OH is 1. The van der Waals surface area contributed by atoms with Gasteiger partial charge in [0.05, 0.1) is 12.2 Å². The van der Waals surface area contributed by atoms with E-state index in [0.29, 0.717) is 19.4 Å². The molecule has 2 saturated heterocycles. The molecule has 6 rings (SSSR count). The molecule has 8 atom stereocenters. The zero-order valence-electron chi connectivity index (χ0n) is 35.4. The number of hydrogen-bond donors (Lipinski definition) is 5. The molecule has 1 aromatic heterocycles. The number of likely N-dealkylation sites (tertiary alicyclic amines) is 2. The van der Waals surface area contributed by atoms with Crippen LogP contribution in [0, 0.1) is 23.2 Å². The number of unbranched alkanes of at least 4 members (excludes halogenated alkanes) is 3. The zero-order chi connectivity index (χ0) is 43.1. The fourth-order valence-corrected chi connectivity index (χ4v) is 10.1. The van der Waals surface area contributed by atoms with Crippen LogP contribution in [0.15, 0.2) is 48.9 Å². The molecule has 4 fully saturated rings. The fraction of sp³-hybridized carbons (Fsp3) is 0.644. The molecule has 15 heteroatoms. The molecule has 326 valence electrons. The lowest BCUT2D eigenvalue weighted by molar-refractivity contribution is -0.150. The summed E-state index contributed by atoms with van der Waals surface area (Å²) in [5.74, 6) is -4.04. The Kier molecular flexibility index (Phi) is 14.7. The summed E-state index contributed by atoms with van der Waals surface area (Å²) in [4.78, 5) is 96.6. The van der Waals surface area contributed by atoms with Crippen LogP contribution in [0.5, 0.6) is 0 Å². The van der Waals surface area contributed by atoms with Crippen molar-refractivity contribution in [3.05, 3.63) is 60.2 Å². The van der Waals surface area contributed by atoms with Crippen molar-refractivity contribution < 1.29 is 39.0 Å². The quantitative estimate of drug-likeness (QED) is 0.0842. The molecule has 60 heavy (non-hydrogen) atoms. The van der Waals surface area contributed by atoms with E-state index >= 15 is 0 Å². The Bertz CT molecular complexity index is 1830. The highest BCUT2D eigenvalue weighted by Gasteiger charge is 2.64. The van der Waals surface area contributed by atoms with E-state index in [1.165, 1.54) is 18.6 Å². The predicted molar refractivity (Wildman–Crippen MR) is 221 cm³/mol. The molecule has 2 aromatic rings. The Morgan fingerprint density at radius 1 is 0.900 bits per heavy atom. The highest BCUT2D eigenvalue weighted by molar-refractivity contribution is 6.38. The van der Waals surface area contributed by atoms with Gasteiger partial charge in [0.25, 0.3) is 11.8 Å². The second-order valence-corrected chi connectivity index (χ2v) is 18.3. The van der Waals surface area contributed by atoms with Crippen molar-refractivity contribution in [1.82, 2.24) is 35.7 Å². The summed E-state index contributed by atoms with van der Waals surface area (Å²) < 4.78 is 0. The number of nitrogens with one attached hydrogen (secondary N) is 3.